The zero-order chi connectivity index (χ0) is 27.9. The molecule has 3 N–H and O–H groups in total. The predicted octanol–water partition coefficient (Wildman–Crippen LogP) is 5.85. The number of ether oxygens (including phenoxy) is 1. The number of nitrogens with two attached hydrogens (primary N) is 1. The molecule has 0 saturated carbocycles. The van der Waals surface area contributed by atoms with Crippen molar-refractivity contribution in [2.75, 3.05) is 25.6 Å². The summed E-state index contributed by atoms with van der Waals surface area (Å²) in [4.78, 5) is 21.4. The van der Waals surface area contributed by atoms with Crippen LogP contribution in [-0.4, -0.2) is 41.9 Å². The number of aryl methyl sites for hydroxylation is 1. The van der Waals surface area contributed by atoms with Crippen molar-refractivity contribution in [2.24, 2.45) is 0 Å². The van der Waals surface area contributed by atoms with E-state index in [0.29, 0.717) is 16.5 Å². The summed E-state index contributed by atoms with van der Waals surface area (Å²) in [6.45, 7) is 0.0779. The fraction of sp³-hybridized carbons (Fsp3) is 0.250. The second kappa shape index (κ2) is 10.1. The van der Waals surface area contributed by atoms with E-state index in [1.165, 1.54) is 30.3 Å². The lowest BCUT2D eigenvalue weighted by molar-refractivity contribution is -0.149. The highest BCUT2D eigenvalue weighted by Gasteiger charge is 2.43. The minimum atomic E-state index is -4.80. The third kappa shape index (κ3) is 5.21. The number of anilines is 1. The Bertz CT molecular complexity index is 1560. The van der Waals surface area contributed by atoms with Crippen molar-refractivity contribution in [3.8, 4) is 17.0 Å². The lowest BCUT2D eigenvalue weighted by atomic mass is 9.95. The molecule has 4 aromatic rings. The summed E-state index contributed by atoms with van der Waals surface area (Å²) in [5.74, 6) is -4.13. The van der Waals surface area contributed by atoms with Crippen molar-refractivity contribution in [1.82, 2.24) is 15.3 Å². The van der Waals surface area contributed by atoms with Gasteiger partial charge in [0.15, 0.2) is 0 Å². The molecule has 0 fully saturated rings. The van der Waals surface area contributed by atoms with Crippen molar-refractivity contribution >= 4 is 22.5 Å². The summed E-state index contributed by atoms with van der Waals surface area (Å²) in [6, 6.07) is 10.8. The maximum atomic E-state index is 14.3. The number of amides is 1. The summed E-state index contributed by atoms with van der Waals surface area (Å²) in [7, 11) is 0. The van der Waals surface area contributed by atoms with Crippen molar-refractivity contribution in [3.05, 3.63) is 82.9 Å². The number of hydrogen-bond acceptors (Lipinski definition) is 5. The molecular weight excluding hydrogens is 519 g/mol. The molecule has 5 rings (SSSR count). The van der Waals surface area contributed by atoms with Gasteiger partial charge in [-0.2, -0.15) is 13.2 Å². The number of benzene rings is 2. The maximum Gasteiger partial charge on any atom is 0.398 e. The Morgan fingerprint density at radius 2 is 1.92 bits per heavy atom. The first-order valence-corrected chi connectivity index (χ1v) is 12.1. The summed E-state index contributed by atoms with van der Waals surface area (Å²) in [5, 5.41) is 2.92. The molecule has 39 heavy (non-hydrogen) atoms. The molecule has 1 aliphatic rings. The van der Waals surface area contributed by atoms with E-state index in [1.807, 2.05) is 6.92 Å². The van der Waals surface area contributed by atoms with Gasteiger partial charge < -0.3 is 15.8 Å². The summed E-state index contributed by atoms with van der Waals surface area (Å²) >= 11 is 0. The fourth-order valence-electron chi connectivity index (χ4n) is 4.62. The van der Waals surface area contributed by atoms with Crippen molar-refractivity contribution in [3.63, 3.8) is 0 Å². The Hall–Kier alpha value is -4.28. The average Bonchev–Trinajstić information content (AvgIpc) is 3.30. The van der Waals surface area contributed by atoms with Crippen LogP contribution in [0.15, 0.2) is 54.7 Å². The molecular formula is C28H23F5N4O2. The Morgan fingerprint density at radius 1 is 1.18 bits per heavy atom. The largest absolute Gasteiger partial charge is 0.490 e. The van der Waals surface area contributed by atoms with Gasteiger partial charge in [-0.3, -0.25) is 14.2 Å². The highest BCUT2D eigenvalue weighted by Crippen LogP contribution is 2.44. The molecule has 11 heteroatoms. The van der Waals surface area contributed by atoms with Gasteiger partial charge in [-0.05, 0) is 61.0 Å². The molecule has 0 aliphatic carbocycles. The van der Waals surface area contributed by atoms with Crippen molar-refractivity contribution in [2.45, 2.75) is 24.9 Å². The molecule has 1 amide bonds. The van der Waals surface area contributed by atoms with Gasteiger partial charge in [-0.25, -0.2) is 9.37 Å². The molecule has 0 radical (unpaired) electrons. The highest BCUT2D eigenvalue weighted by atomic mass is 19.4. The van der Waals surface area contributed by atoms with Gasteiger partial charge in [-0.1, -0.05) is 0 Å². The predicted molar refractivity (Wildman–Crippen MR) is 136 cm³/mol. The van der Waals surface area contributed by atoms with Crippen LogP contribution in [0.4, 0.5) is 27.6 Å². The van der Waals surface area contributed by atoms with Crippen LogP contribution < -0.4 is 15.8 Å². The minimum absolute atomic E-state index is 0.0456. The number of carbonyl (C=O) groups excluding carboxylic acids is 1. The number of aromatic nitrogens is 2. The number of nitrogen functional groups attached to an aromatic ring is 1. The smallest absolute Gasteiger partial charge is 0.398 e. The normalized spacial score (nSPS) is 15.6. The first kappa shape index (κ1) is 26.3. The number of nitrogens with zero attached hydrogens (tertiary/aromatic N) is 2. The SMILES string of the molecule is Cc1cnc2c(N)cc(C(=O)NC[C@H](c3cc4c(c(-c5ccc(F)cc5)n3)OC[C@H]4CF)C(F)(F)F)cc2c1. The number of alkyl halides is 4. The van der Waals surface area contributed by atoms with Gasteiger partial charge in [0.25, 0.3) is 5.91 Å². The van der Waals surface area contributed by atoms with E-state index < -0.39 is 48.6 Å². The number of carbonyl (C=O) groups is 1. The van der Waals surface area contributed by atoms with Crippen LogP contribution in [0, 0.1) is 12.7 Å². The van der Waals surface area contributed by atoms with E-state index in [4.69, 9.17) is 10.5 Å². The zero-order valence-corrected chi connectivity index (χ0v) is 20.7. The molecule has 0 spiro atoms. The molecule has 0 unspecified atom stereocenters. The molecule has 6 nitrogen and oxygen atoms in total. The van der Waals surface area contributed by atoms with Crippen LogP contribution in [0.1, 0.15) is 39.0 Å². The molecule has 0 bridgehead atoms. The first-order chi connectivity index (χ1) is 18.5. The molecule has 1 aliphatic heterocycles. The van der Waals surface area contributed by atoms with E-state index in [1.54, 1.807) is 12.3 Å². The first-order valence-electron chi connectivity index (χ1n) is 12.1. The van der Waals surface area contributed by atoms with Crippen LogP contribution in [0.3, 0.4) is 0 Å². The van der Waals surface area contributed by atoms with Crippen LogP contribution in [-0.2, 0) is 0 Å². The van der Waals surface area contributed by atoms with Crippen molar-refractivity contribution in [1.29, 1.82) is 0 Å². The number of hydrogen-bond donors (Lipinski definition) is 2. The Kier molecular flexibility index (Phi) is 6.83. The molecule has 202 valence electrons. The number of fused-ring (bicyclic) bond motifs is 2. The average molecular weight is 543 g/mol. The Balaban J connectivity index is 1.50. The lowest BCUT2D eigenvalue weighted by Gasteiger charge is -2.22. The van der Waals surface area contributed by atoms with E-state index in [9.17, 15) is 26.7 Å². The standard InChI is InChI=1S/C28H23F5N4O2/c1-14-6-16-7-17(8-22(34)24(16)35-11-14)27(38)36-12-21(28(31,32)33)23-9-20-18(10-29)13-39-26(20)25(37-23)15-2-4-19(30)5-3-15/h2-9,11,18,21H,10,12-13,34H2,1H3,(H,36,38)/t18-,21-/m1/s1. The van der Waals surface area contributed by atoms with E-state index in [-0.39, 0.29) is 34.9 Å². The molecule has 2 aromatic carbocycles. The number of nitrogens with one attached hydrogen (secondary N) is 1. The molecule has 3 heterocycles. The van der Waals surface area contributed by atoms with Crippen LogP contribution in [0.2, 0.25) is 0 Å². The summed E-state index contributed by atoms with van der Waals surface area (Å²) < 4.78 is 75.7. The third-order valence-corrected chi connectivity index (χ3v) is 6.62. The molecule has 2 aromatic heterocycles. The van der Waals surface area contributed by atoms with Crippen LogP contribution >= 0.6 is 0 Å². The van der Waals surface area contributed by atoms with Crippen LogP contribution in [0.5, 0.6) is 5.75 Å². The van der Waals surface area contributed by atoms with E-state index >= 15 is 0 Å². The minimum Gasteiger partial charge on any atom is -0.490 e. The highest BCUT2D eigenvalue weighted by molar-refractivity contribution is 6.01. The zero-order valence-electron chi connectivity index (χ0n) is 20.7. The van der Waals surface area contributed by atoms with Gasteiger partial charge in [0.05, 0.1) is 36.1 Å². The van der Waals surface area contributed by atoms with Gasteiger partial charge >= 0.3 is 6.18 Å². The van der Waals surface area contributed by atoms with Gasteiger partial charge in [0, 0.05) is 34.8 Å². The lowest BCUT2D eigenvalue weighted by Crippen LogP contribution is -2.35. The van der Waals surface area contributed by atoms with E-state index in [0.717, 1.165) is 17.7 Å². The number of halogens is 5. The Labute approximate surface area is 220 Å². The Morgan fingerprint density at radius 3 is 2.62 bits per heavy atom. The quantitative estimate of drug-likeness (QED) is 0.236. The van der Waals surface area contributed by atoms with Gasteiger partial charge in [0.1, 0.15) is 23.2 Å². The van der Waals surface area contributed by atoms with Gasteiger partial charge in [0.2, 0.25) is 0 Å². The van der Waals surface area contributed by atoms with Gasteiger partial charge in [-0.15, -0.1) is 0 Å². The van der Waals surface area contributed by atoms with E-state index in [2.05, 4.69) is 15.3 Å². The maximum absolute atomic E-state index is 14.3. The van der Waals surface area contributed by atoms with Crippen LogP contribution in [0.25, 0.3) is 22.2 Å². The molecule has 2 atom stereocenters. The summed E-state index contributed by atoms with van der Waals surface area (Å²) in [6.07, 6.45) is -3.18. The number of rotatable bonds is 6. The summed E-state index contributed by atoms with van der Waals surface area (Å²) in [5.41, 5.74) is 7.81. The second-order valence-corrected chi connectivity index (χ2v) is 9.44. The second-order valence-electron chi connectivity index (χ2n) is 9.44. The third-order valence-electron chi connectivity index (χ3n) is 6.62. The molecule has 0 saturated heterocycles. The monoisotopic (exact) mass is 542 g/mol. The van der Waals surface area contributed by atoms with Crippen molar-refractivity contribution < 1.29 is 31.5 Å². The number of pyridine rings is 2. The topological polar surface area (TPSA) is 90.1 Å². The fourth-order valence-corrected chi connectivity index (χ4v) is 4.62.